The number of hydrogen-bond donors (Lipinski definition) is 1. The smallest absolute Gasteiger partial charge is 0.153 e. The molecule has 18 heavy (non-hydrogen) atoms. The van der Waals surface area contributed by atoms with Gasteiger partial charge in [0.15, 0.2) is 9.84 Å². The number of sulfone groups is 1. The van der Waals surface area contributed by atoms with E-state index in [0.29, 0.717) is 31.8 Å². The Balaban J connectivity index is 1.87. The third kappa shape index (κ3) is 3.68. The molecule has 106 valence electrons. The molecule has 2 aliphatic heterocycles. The van der Waals surface area contributed by atoms with Crippen molar-refractivity contribution < 1.29 is 13.2 Å². The summed E-state index contributed by atoms with van der Waals surface area (Å²) in [5.41, 5.74) is 0.212. The Labute approximate surface area is 110 Å². The first-order chi connectivity index (χ1) is 8.52. The lowest BCUT2D eigenvalue weighted by atomic mass is 9.79. The lowest BCUT2D eigenvalue weighted by Crippen LogP contribution is -2.37. The van der Waals surface area contributed by atoms with Crippen LogP contribution < -0.4 is 5.32 Å². The van der Waals surface area contributed by atoms with Crippen LogP contribution in [0.5, 0.6) is 0 Å². The van der Waals surface area contributed by atoms with E-state index in [2.05, 4.69) is 12.2 Å². The largest absolute Gasteiger partial charge is 0.381 e. The summed E-state index contributed by atoms with van der Waals surface area (Å²) < 4.78 is 29.8. The van der Waals surface area contributed by atoms with Crippen LogP contribution in [0.15, 0.2) is 0 Å². The van der Waals surface area contributed by atoms with Crippen molar-refractivity contribution in [3.05, 3.63) is 0 Å². The van der Waals surface area contributed by atoms with Gasteiger partial charge >= 0.3 is 0 Å². The molecule has 0 bridgehead atoms. The molecule has 0 atom stereocenters. The number of nitrogens with one attached hydrogen (secondary N) is 1. The SMILES string of the molecule is CC1(CCS(=O)(=O)C2CCOCC2)CCNCC1. The van der Waals surface area contributed by atoms with Crippen LogP contribution in [0, 0.1) is 5.41 Å². The minimum absolute atomic E-state index is 0.156. The van der Waals surface area contributed by atoms with E-state index in [1.165, 1.54) is 0 Å². The average Bonchev–Trinajstić information content (AvgIpc) is 2.39. The van der Waals surface area contributed by atoms with Gasteiger partial charge in [-0.2, -0.15) is 0 Å². The average molecular weight is 275 g/mol. The summed E-state index contributed by atoms with van der Waals surface area (Å²) in [5.74, 6) is 0.355. The molecule has 2 aliphatic rings. The number of rotatable bonds is 4. The van der Waals surface area contributed by atoms with Gasteiger partial charge in [0.2, 0.25) is 0 Å². The molecule has 0 aliphatic carbocycles. The van der Waals surface area contributed by atoms with E-state index in [4.69, 9.17) is 4.74 Å². The quantitative estimate of drug-likeness (QED) is 0.842. The molecule has 2 rings (SSSR count). The van der Waals surface area contributed by atoms with Gasteiger partial charge < -0.3 is 10.1 Å². The van der Waals surface area contributed by atoms with Crippen LogP contribution in [0.3, 0.4) is 0 Å². The van der Waals surface area contributed by atoms with E-state index in [-0.39, 0.29) is 10.7 Å². The van der Waals surface area contributed by atoms with Crippen LogP contribution in [-0.2, 0) is 14.6 Å². The summed E-state index contributed by atoms with van der Waals surface area (Å²) in [4.78, 5) is 0. The maximum Gasteiger partial charge on any atom is 0.153 e. The molecule has 2 heterocycles. The highest BCUT2D eigenvalue weighted by Crippen LogP contribution is 2.33. The second-order valence-electron chi connectivity index (χ2n) is 5.99. The maximum absolute atomic E-state index is 12.3. The summed E-state index contributed by atoms with van der Waals surface area (Å²) in [6.07, 6.45) is 4.36. The first-order valence-corrected chi connectivity index (χ1v) is 8.73. The summed E-state index contributed by atoms with van der Waals surface area (Å²) in [7, 11) is -2.92. The van der Waals surface area contributed by atoms with Gasteiger partial charge in [0.05, 0.1) is 11.0 Å². The van der Waals surface area contributed by atoms with Crippen LogP contribution in [0.1, 0.15) is 39.0 Å². The molecule has 0 saturated carbocycles. The molecule has 4 nitrogen and oxygen atoms in total. The lowest BCUT2D eigenvalue weighted by molar-refractivity contribution is 0.0982. The summed E-state index contributed by atoms with van der Waals surface area (Å²) >= 11 is 0. The van der Waals surface area contributed by atoms with Gasteiger partial charge in [-0.3, -0.25) is 0 Å². The Bertz CT molecular complexity index is 354. The minimum Gasteiger partial charge on any atom is -0.381 e. The van der Waals surface area contributed by atoms with Crippen molar-refractivity contribution in [1.29, 1.82) is 0 Å². The topological polar surface area (TPSA) is 55.4 Å². The second kappa shape index (κ2) is 5.88. The molecule has 2 fully saturated rings. The standard InChI is InChI=1S/C13H25NO3S/c1-13(4-7-14-8-5-13)6-11-18(15,16)12-2-9-17-10-3-12/h12,14H,2-11H2,1H3. The van der Waals surface area contributed by atoms with E-state index < -0.39 is 9.84 Å². The minimum atomic E-state index is -2.92. The molecular weight excluding hydrogens is 250 g/mol. The molecule has 0 aromatic rings. The van der Waals surface area contributed by atoms with E-state index in [1.807, 2.05) is 0 Å². The van der Waals surface area contributed by atoms with Crippen molar-refractivity contribution >= 4 is 9.84 Å². The van der Waals surface area contributed by atoms with Crippen LogP contribution >= 0.6 is 0 Å². The fourth-order valence-electron chi connectivity index (χ4n) is 2.87. The number of piperidine rings is 1. The fraction of sp³-hybridized carbons (Fsp3) is 1.00. The zero-order valence-electron chi connectivity index (χ0n) is 11.3. The third-order valence-electron chi connectivity index (χ3n) is 4.48. The molecule has 0 spiro atoms. The summed E-state index contributed by atoms with van der Waals surface area (Å²) in [6.45, 7) is 5.48. The Hall–Kier alpha value is -0.130. The molecule has 0 aromatic heterocycles. The third-order valence-corrected chi connectivity index (χ3v) is 6.74. The van der Waals surface area contributed by atoms with Gasteiger partial charge in [-0.05, 0) is 50.6 Å². The van der Waals surface area contributed by atoms with Gasteiger partial charge in [0.25, 0.3) is 0 Å². The maximum atomic E-state index is 12.3. The van der Waals surface area contributed by atoms with Crippen molar-refractivity contribution in [1.82, 2.24) is 5.32 Å². The van der Waals surface area contributed by atoms with Crippen LogP contribution in [0.2, 0.25) is 0 Å². The van der Waals surface area contributed by atoms with Crippen LogP contribution in [0.4, 0.5) is 0 Å². The molecule has 5 heteroatoms. The van der Waals surface area contributed by atoms with Gasteiger partial charge in [0, 0.05) is 13.2 Å². The number of hydrogen-bond acceptors (Lipinski definition) is 4. The normalized spacial score (nSPS) is 26.1. The highest BCUT2D eigenvalue weighted by atomic mass is 32.2. The zero-order chi connectivity index (χ0) is 13.1. The molecule has 0 aromatic carbocycles. The van der Waals surface area contributed by atoms with Gasteiger partial charge in [-0.1, -0.05) is 6.92 Å². The highest BCUT2D eigenvalue weighted by Gasteiger charge is 2.32. The molecule has 0 amide bonds. The fourth-order valence-corrected chi connectivity index (χ4v) is 4.89. The van der Waals surface area contributed by atoms with Crippen LogP contribution in [-0.4, -0.2) is 45.7 Å². The van der Waals surface area contributed by atoms with Gasteiger partial charge in [-0.15, -0.1) is 0 Å². The van der Waals surface area contributed by atoms with E-state index in [0.717, 1.165) is 32.4 Å². The van der Waals surface area contributed by atoms with Gasteiger partial charge in [-0.25, -0.2) is 8.42 Å². The van der Waals surface area contributed by atoms with E-state index in [9.17, 15) is 8.42 Å². The van der Waals surface area contributed by atoms with E-state index in [1.54, 1.807) is 0 Å². The molecule has 0 unspecified atom stereocenters. The van der Waals surface area contributed by atoms with Crippen molar-refractivity contribution in [2.24, 2.45) is 5.41 Å². The van der Waals surface area contributed by atoms with Crippen molar-refractivity contribution in [2.45, 2.75) is 44.3 Å². The molecule has 0 radical (unpaired) electrons. The lowest BCUT2D eigenvalue weighted by Gasteiger charge is -2.34. The number of ether oxygens (including phenoxy) is 1. The zero-order valence-corrected chi connectivity index (χ0v) is 12.1. The summed E-state index contributed by atoms with van der Waals surface area (Å²) in [6, 6.07) is 0. The highest BCUT2D eigenvalue weighted by molar-refractivity contribution is 7.92. The Morgan fingerprint density at radius 3 is 2.44 bits per heavy atom. The Kier molecular flexibility index (Phi) is 4.67. The molecular formula is C13H25NO3S. The molecule has 1 N–H and O–H groups in total. The van der Waals surface area contributed by atoms with E-state index >= 15 is 0 Å². The van der Waals surface area contributed by atoms with Crippen molar-refractivity contribution in [3.63, 3.8) is 0 Å². The second-order valence-corrected chi connectivity index (χ2v) is 8.39. The first-order valence-electron chi connectivity index (χ1n) is 7.02. The molecule has 2 saturated heterocycles. The predicted octanol–water partition coefficient (Wildman–Crippen LogP) is 1.36. The Morgan fingerprint density at radius 2 is 1.83 bits per heavy atom. The van der Waals surface area contributed by atoms with Crippen molar-refractivity contribution in [2.75, 3.05) is 32.1 Å². The monoisotopic (exact) mass is 275 g/mol. The predicted molar refractivity (Wildman–Crippen MR) is 72.5 cm³/mol. The first kappa shape index (κ1) is 14.3. The van der Waals surface area contributed by atoms with Gasteiger partial charge in [0.1, 0.15) is 0 Å². The van der Waals surface area contributed by atoms with Crippen molar-refractivity contribution in [3.8, 4) is 0 Å². The Morgan fingerprint density at radius 1 is 1.22 bits per heavy atom. The summed E-state index contributed by atoms with van der Waals surface area (Å²) in [5, 5.41) is 3.18. The van der Waals surface area contributed by atoms with Crippen LogP contribution in [0.25, 0.3) is 0 Å².